The van der Waals surface area contributed by atoms with Gasteiger partial charge in [-0.05, 0) is 24.4 Å². The summed E-state index contributed by atoms with van der Waals surface area (Å²) in [4.78, 5) is 23.3. The molecule has 1 aliphatic rings. The van der Waals surface area contributed by atoms with E-state index in [0.717, 1.165) is 13.1 Å². The van der Waals surface area contributed by atoms with Gasteiger partial charge in [-0.25, -0.2) is 0 Å². The maximum atomic E-state index is 12.0. The number of hydrogen-bond donors (Lipinski definition) is 3. The largest absolute Gasteiger partial charge is 0.368 e. The maximum Gasteiger partial charge on any atom is 0.240 e. The molecule has 5 nitrogen and oxygen atoms in total. The summed E-state index contributed by atoms with van der Waals surface area (Å²) >= 11 is 0. The first-order chi connectivity index (χ1) is 7.73. The summed E-state index contributed by atoms with van der Waals surface area (Å²) in [5.74, 6) is -0.288. The molecule has 0 aromatic rings. The van der Waals surface area contributed by atoms with Crippen molar-refractivity contribution in [3.63, 3.8) is 0 Å². The minimum absolute atomic E-state index is 0.0829. The Labute approximate surface area is 103 Å². The lowest BCUT2D eigenvalue weighted by Crippen LogP contribution is -2.56. The van der Waals surface area contributed by atoms with Crippen molar-refractivity contribution in [2.75, 3.05) is 13.1 Å². The van der Waals surface area contributed by atoms with Crippen LogP contribution in [-0.4, -0.2) is 30.9 Å². The Bertz CT molecular complexity index is 305. The lowest BCUT2D eigenvalue weighted by atomic mass is 9.84. The predicted molar refractivity (Wildman–Crippen MR) is 66.1 cm³/mol. The van der Waals surface area contributed by atoms with E-state index in [-0.39, 0.29) is 17.2 Å². The molecule has 2 unspecified atom stereocenters. The molecule has 5 heteroatoms. The van der Waals surface area contributed by atoms with Gasteiger partial charge in [-0.15, -0.1) is 0 Å². The molecular formula is C12H23N3O2. The zero-order valence-electron chi connectivity index (χ0n) is 11.0. The van der Waals surface area contributed by atoms with Crippen LogP contribution in [0.25, 0.3) is 0 Å². The Hall–Kier alpha value is -1.10. The SMILES string of the molecule is CC(C(=O)NC(C(N)=O)C(C)(C)C)C1CNC1. The Morgan fingerprint density at radius 1 is 1.35 bits per heavy atom. The molecule has 0 aromatic heterocycles. The fourth-order valence-electron chi connectivity index (χ4n) is 1.87. The van der Waals surface area contributed by atoms with E-state index in [9.17, 15) is 9.59 Å². The number of hydrogen-bond acceptors (Lipinski definition) is 3. The van der Waals surface area contributed by atoms with Crippen LogP contribution >= 0.6 is 0 Å². The molecule has 1 saturated heterocycles. The van der Waals surface area contributed by atoms with Gasteiger partial charge in [0.15, 0.2) is 0 Å². The average Bonchev–Trinajstić information content (AvgIpc) is 2.08. The summed E-state index contributed by atoms with van der Waals surface area (Å²) in [5.41, 5.74) is 4.97. The van der Waals surface area contributed by atoms with Crippen LogP contribution in [0.2, 0.25) is 0 Å². The zero-order chi connectivity index (χ0) is 13.2. The van der Waals surface area contributed by atoms with Gasteiger partial charge in [0, 0.05) is 5.92 Å². The van der Waals surface area contributed by atoms with E-state index in [1.807, 2.05) is 27.7 Å². The Morgan fingerprint density at radius 2 is 1.88 bits per heavy atom. The minimum Gasteiger partial charge on any atom is -0.368 e. The standard InChI is InChI=1S/C12H23N3O2/c1-7(8-5-14-6-8)11(17)15-9(10(13)16)12(2,3)4/h7-9,14H,5-6H2,1-4H3,(H2,13,16)(H,15,17). The second-order valence-electron chi connectivity index (χ2n) is 5.92. The predicted octanol–water partition coefficient (Wildman–Crippen LogP) is -0.142. The number of nitrogens with one attached hydrogen (secondary N) is 2. The molecule has 0 spiro atoms. The lowest BCUT2D eigenvalue weighted by molar-refractivity contribution is -0.133. The van der Waals surface area contributed by atoms with Gasteiger partial charge in [0.2, 0.25) is 11.8 Å². The molecule has 0 aliphatic carbocycles. The molecule has 98 valence electrons. The summed E-state index contributed by atoms with van der Waals surface area (Å²) in [6.07, 6.45) is 0. The number of amides is 2. The molecule has 0 saturated carbocycles. The van der Waals surface area contributed by atoms with Crippen LogP contribution in [0, 0.1) is 17.3 Å². The van der Waals surface area contributed by atoms with Crippen molar-refractivity contribution in [3.05, 3.63) is 0 Å². The molecule has 1 rings (SSSR count). The highest BCUT2D eigenvalue weighted by atomic mass is 16.2. The third kappa shape index (κ3) is 3.43. The van der Waals surface area contributed by atoms with Crippen molar-refractivity contribution in [1.29, 1.82) is 0 Å². The number of carbonyl (C=O) groups excluding carboxylic acids is 2. The lowest BCUT2D eigenvalue weighted by Gasteiger charge is -2.34. The van der Waals surface area contributed by atoms with Crippen LogP contribution in [-0.2, 0) is 9.59 Å². The van der Waals surface area contributed by atoms with Crippen molar-refractivity contribution in [2.24, 2.45) is 23.0 Å². The molecule has 0 bridgehead atoms. The highest BCUT2D eigenvalue weighted by molar-refractivity contribution is 5.88. The summed E-state index contributed by atoms with van der Waals surface area (Å²) in [6, 6.07) is -0.620. The van der Waals surface area contributed by atoms with Crippen LogP contribution in [0.3, 0.4) is 0 Å². The molecule has 4 N–H and O–H groups in total. The second kappa shape index (κ2) is 5.04. The Kier molecular flexibility index (Phi) is 4.14. The first-order valence-corrected chi connectivity index (χ1v) is 6.04. The summed E-state index contributed by atoms with van der Waals surface area (Å²) in [7, 11) is 0. The van der Waals surface area contributed by atoms with E-state index in [4.69, 9.17) is 5.73 Å². The van der Waals surface area contributed by atoms with Gasteiger partial charge in [0.25, 0.3) is 0 Å². The first-order valence-electron chi connectivity index (χ1n) is 6.04. The van der Waals surface area contributed by atoms with Gasteiger partial charge in [-0.1, -0.05) is 27.7 Å². The number of nitrogens with two attached hydrogens (primary N) is 1. The summed E-state index contributed by atoms with van der Waals surface area (Å²) < 4.78 is 0. The van der Waals surface area contributed by atoms with Crippen LogP contribution in [0.15, 0.2) is 0 Å². The van der Waals surface area contributed by atoms with E-state index in [2.05, 4.69) is 10.6 Å². The molecule has 1 heterocycles. The van der Waals surface area contributed by atoms with Crippen molar-refractivity contribution in [2.45, 2.75) is 33.7 Å². The highest BCUT2D eigenvalue weighted by Crippen LogP contribution is 2.21. The minimum atomic E-state index is -0.620. The number of carbonyl (C=O) groups is 2. The zero-order valence-corrected chi connectivity index (χ0v) is 11.0. The third-order valence-electron chi connectivity index (χ3n) is 3.37. The van der Waals surface area contributed by atoms with Crippen LogP contribution < -0.4 is 16.4 Å². The highest BCUT2D eigenvalue weighted by Gasteiger charge is 2.35. The van der Waals surface area contributed by atoms with Gasteiger partial charge >= 0.3 is 0 Å². The van der Waals surface area contributed by atoms with Crippen molar-refractivity contribution >= 4 is 11.8 Å². The van der Waals surface area contributed by atoms with Crippen molar-refractivity contribution in [3.8, 4) is 0 Å². The van der Waals surface area contributed by atoms with Gasteiger partial charge in [0.05, 0.1) is 0 Å². The summed E-state index contributed by atoms with van der Waals surface area (Å²) in [5, 5.41) is 5.90. The van der Waals surface area contributed by atoms with Crippen molar-refractivity contribution < 1.29 is 9.59 Å². The fourth-order valence-corrected chi connectivity index (χ4v) is 1.87. The van der Waals surface area contributed by atoms with Gasteiger partial charge in [0.1, 0.15) is 6.04 Å². The summed E-state index contributed by atoms with van der Waals surface area (Å²) in [6.45, 7) is 9.28. The van der Waals surface area contributed by atoms with E-state index >= 15 is 0 Å². The Morgan fingerprint density at radius 3 is 2.18 bits per heavy atom. The molecule has 2 atom stereocenters. The van der Waals surface area contributed by atoms with Gasteiger partial charge in [-0.2, -0.15) is 0 Å². The van der Waals surface area contributed by atoms with E-state index < -0.39 is 11.9 Å². The first kappa shape index (κ1) is 14.0. The van der Waals surface area contributed by atoms with E-state index in [1.54, 1.807) is 0 Å². The molecule has 17 heavy (non-hydrogen) atoms. The smallest absolute Gasteiger partial charge is 0.240 e. The average molecular weight is 241 g/mol. The second-order valence-corrected chi connectivity index (χ2v) is 5.92. The molecular weight excluding hydrogens is 218 g/mol. The van der Waals surface area contributed by atoms with Gasteiger partial charge in [-0.3, -0.25) is 9.59 Å². The van der Waals surface area contributed by atoms with E-state index in [0.29, 0.717) is 5.92 Å². The fraction of sp³-hybridized carbons (Fsp3) is 0.833. The monoisotopic (exact) mass is 241 g/mol. The van der Waals surface area contributed by atoms with E-state index in [1.165, 1.54) is 0 Å². The van der Waals surface area contributed by atoms with Crippen LogP contribution in [0.5, 0.6) is 0 Å². The molecule has 2 amide bonds. The molecule has 0 radical (unpaired) electrons. The number of rotatable bonds is 4. The Balaban J connectivity index is 2.60. The van der Waals surface area contributed by atoms with Crippen LogP contribution in [0.4, 0.5) is 0 Å². The van der Waals surface area contributed by atoms with Crippen molar-refractivity contribution in [1.82, 2.24) is 10.6 Å². The quantitative estimate of drug-likeness (QED) is 0.640. The topological polar surface area (TPSA) is 84.2 Å². The number of primary amides is 1. The van der Waals surface area contributed by atoms with Gasteiger partial charge < -0.3 is 16.4 Å². The molecule has 1 fully saturated rings. The molecule has 0 aromatic carbocycles. The van der Waals surface area contributed by atoms with Crippen LogP contribution in [0.1, 0.15) is 27.7 Å². The maximum absolute atomic E-state index is 12.0. The third-order valence-corrected chi connectivity index (χ3v) is 3.37. The molecule has 1 aliphatic heterocycles. The normalized spacial score (nSPS) is 20.2.